The largest absolute Gasteiger partial charge is 0.487 e. The van der Waals surface area contributed by atoms with Crippen molar-refractivity contribution >= 4 is 35.0 Å². The standard InChI is InChI=1S/C24H22N2O4S/c1-17-25-19(16-31-17)15-29-22-6-3-2-5-18(22)8-13-24(28)30-21-11-9-20(10-12-21)26-14-4-7-23(26)27/h2-3,5-6,8-13,16H,4,7,14-15H2,1H3/b13-8+. The molecule has 1 saturated heterocycles. The van der Waals surface area contributed by atoms with Crippen molar-refractivity contribution in [2.45, 2.75) is 26.4 Å². The molecular weight excluding hydrogens is 412 g/mol. The van der Waals surface area contributed by atoms with E-state index in [1.165, 1.54) is 6.08 Å². The number of nitrogens with zero attached hydrogens (tertiary/aromatic N) is 2. The molecule has 1 aromatic heterocycles. The number of hydrogen-bond acceptors (Lipinski definition) is 6. The third-order valence-corrected chi connectivity index (χ3v) is 5.62. The molecule has 31 heavy (non-hydrogen) atoms. The molecule has 0 radical (unpaired) electrons. The minimum Gasteiger partial charge on any atom is -0.487 e. The number of hydrogen-bond donors (Lipinski definition) is 0. The molecule has 0 unspecified atom stereocenters. The van der Waals surface area contributed by atoms with Crippen molar-refractivity contribution in [3.8, 4) is 11.5 Å². The number of carbonyl (C=O) groups excluding carboxylic acids is 2. The Morgan fingerprint density at radius 3 is 2.71 bits per heavy atom. The first-order valence-electron chi connectivity index (χ1n) is 10.0. The number of aryl methyl sites for hydroxylation is 1. The maximum absolute atomic E-state index is 12.2. The average molecular weight is 435 g/mol. The van der Waals surface area contributed by atoms with Gasteiger partial charge < -0.3 is 14.4 Å². The maximum Gasteiger partial charge on any atom is 0.336 e. The van der Waals surface area contributed by atoms with E-state index in [0.717, 1.165) is 34.9 Å². The lowest BCUT2D eigenvalue weighted by atomic mass is 10.2. The summed E-state index contributed by atoms with van der Waals surface area (Å²) in [7, 11) is 0. The van der Waals surface area contributed by atoms with Crippen LogP contribution in [0.4, 0.5) is 5.69 Å². The van der Waals surface area contributed by atoms with E-state index in [0.29, 0.717) is 24.5 Å². The van der Waals surface area contributed by atoms with E-state index in [1.807, 2.05) is 36.6 Å². The molecule has 1 fully saturated rings. The van der Waals surface area contributed by atoms with Gasteiger partial charge in [-0.25, -0.2) is 9.78 Å². The monoisotopic (exact) mass is 434 g/mol. The quantitative estimate of drug-likeness (QED) is 0.304. The Bertz CT molecular complexity index is 1100. The molecule has 0 aliphatic carbocycles. The van der Waals surface area contributed by atoms with Crippen LogP contribution in [-0.2, 0) is 16.2 Å². The van der Waals surface area contributed by atoms with E-state index in [-0.39, 0.29) is 5.91 Å². The third-order valence-electron chi connectivity index (χ3n) is 4.80. The SMILES string of the molecule is Cc1nc(COc2ccccc2/C=C/C(=O)Oc2ccc(N3CCCC3=O)cc2)cs1. The van der Waals surface area contributed by atoms with Gasteiger partial charge in [0.25, 0.3) is 0 Å². The van der Waals surface area contributed by atoms with Crippen molar-refractivity contribution in [2.24, 2.45) is 0 Å². The fourth-order valence-electron chi connectivity index (χ4n) is 3.30. The summed E-state index contributed by atoms with van der Waals surface area (Å²) in [5, 5.41) is 2.96. The number of thiazole rings is 1. The van der Waals surface area contributed by atoms with Gasteiger partial charge in [-0.15, -0.1) is 11.3 Å². The van der Waals surface area contributed by atoms with Crippen molar-refractivity contribution in [1.82, 2.24) is 4.98 Å². The Hall–Kier alpha value is -3.45. The number of esters is 1. The van der Waals surface area contributed by atoms with Crippen LogP contribution in [-0.4, -0.2) is 23.4 Å². The summed E-state index contributed by atoms with van der Waals surface area (Å²) < 4.78 is 11.2. The van der Waals surface area contributed by atoms with Gasteiger partial charge in [0.1, 0.15) is 18.1 Å². The van der Waals surface area contributed by atoms with Crippen molar-refractivity contribution < 1.29 is 19.1 Å². The molecule has 1 aliphatic heterocycles. The van der Waals surface area contributed by atoms with Crippen LogP contribution in [0.5, 0.6) is 11.5 Å². The lowest BCUT2D eigenvalue weighted by molar-refractivity contribution is -0.128. The van der Waals surface area contributed by atoms with Gasteiger partial charge in [-0.05, 0) is 49.8 Å². The Morgan fingerprint density at radius 1 is 1.19 bits per heavy atom. The molecule has 0 atom stereocenters. The van der Waals surface area contributed by atoms with Crippen LogP contribution in [0.25, 0.3) is 6.08 Å². The third kappa shape index (κ3) is 5.38. The second-order valence-electron chi connectivity index (χ2n) is 7.08. The van der Waals surface area contributed by atoms with E-state index < -0.39 is 5.97 Å². The Labute approximate surface area is 184 Å². The minimum absolute atomic E-state index is 0.124. The van der Waals surface area contributed by atoms with Gasteiger partial charge in [0.2, 0.25) is 5.91 Å². The molecule has 1 amide bonds. The first kappa shape index (κ1) is 20.8. The van der Waals surface area contributed by atoms with Crippen LogP contribution in [0.15, 0.2) is 60.0 Å². The van der Waals surface area contributed by atoms with Gasteiger partial charge in [-0.2, -0.15) is 0 Å². The normalized spacial score (nSPS) is 13.7. The van der Waals surface area contributed by atoms with Gasteiger partial charge in [-0.1, -0.05) is 18.2 Å². The van der Waals surface area contributed by atoms with Crippen LogP contribution in [0.3, 0.4) is 0 Å². The molecule has 0 bridgehead atoms. The van der Waals surface area contributed by atoms with E-state index in [1.54, 1.807) is 46.6 Å². The summed E-state index contributed by atoms with van der Waals surface area (Å²) in [6, 6.07) is 14.4. The summed E-state index contributed by atoms with van der Waals surface area (Å²) in [5.41, 5.74) is 2.47. The van der Waals surface area contributed by atoms with Gasteiger partial charge in [0, 0.05) is 35.7 Å². The summed E-state index contributed by atoms with van der Waals surface area (Å²) >= 11 is 1.58. The summed E-state index contributed by atoms with van der Waals surface area (Å²) in [5.74, 6) is 0.721. The second-order valence-corrected chi connectivity index (χ2v) is 8.14. The van der Waals surface area contributed by atoms with Crippen LogP contribution in [0.1, 0.15) is 29.1 Å². The van der Waals surface area contributed by atoms with Gasteiger partial charge in [0.05, 0.1) is 10.7 Å². The summed E-state index contributed by atoms with van der Waals surface area (Å²) in [4.78, 5) is 30.2. The van der Waals surface area contributed by atoms with E-state index in [4.69, 9.17) is 9.47 Å². The first-order valence-corrected chi connectivity index (χ1v) is 10.9. The first-order chi connectivity index (χ1) is 15.1. The van der Waals surface area contributed by atoms with Crippen molar-refractivity contribution in [3.05, 3.63) is 76.3 Å². The number of para-hydroxylation sites is 1. The molecule has 0 N–H and O–H groups in total. The predicted octanol–water partition coefficient (Wildman–Crippen LogP) is 4.78. The molecule has 4 rings (SSSR count). The smallest absolute Gasteiger partial charge is 0.336 e. The van der Waals surface area contributed by atoms with Crippen LogP contribution in [0, 0.1) is 6.92 Å². The summed E-state index contributed by atoms with van der Waals surface area (Å²) in [6.07, 6.45) is 4.49. The lowest BCUT2D eigenvalue weighted by Gasteiger charge is -2.15. The molecular formula is C24H22N2O4S. The van der Waals surface area contributed by atoms with E-state index >= 15 is 0 Å². The van der Waals surface area contributed by atoms with Crippen LogP contribution >= 0.6 is 11.3 Å². The molecule has 2 heterocycles. The zero-order chi connectivity index (χ0) is 21.6. The zero-order valence-electron chi connectivity index (χ0n) is 17.1. The predicted molar refractivity (Wildman–Crippen MR) is 120 cm³/mol. The highest BCUT2D eigenvalue weighted by Gasteiger charge is 2.21. The highest BCUT2D eigenvalue weighted by Crippen LogP contribution is 2.24. The highest BCUT2D eigenvalue weighted by atomic mass is 32.1. The van der Waals surface area contributed by atoms with Gasteiger partial charge in [0.15, 0.2) is 0 Å². The average Bonchev–Trinajstić information content (AvgIpc) is 3.40. The van der Waals surface area contributed by atoms with Gasteiger partial charge >= 0.3 is 5.97 Å². The minimum atomic E-state index is -0.491. The van der Waals surface area contributed by atoms with E-state index in [9.17, 15) is 9.59 Å². The highest BCUT2D eigenvalue weighted by molar-refractivity contribution is 7.09. The Balaban J connectivity index is 1.36. The number of anilines is 1. The number of rotatable bonds is 7. The number of amides is 1. The van der Waals surface area contributed by atoms with Crippen LogP contribution < -0.4 is 14.4 Å². The molecule has 3 aromatic rings. The lowest BCUT2D eigenvalue weighted by Crippen LogP contribution is -2.23. The van der Waals surface area contributed by atoms with Crippen molar-refractivity contribution in [2.75, 3.05) is 11.4 Å². The summed E-state index contributed by atoms with van der Waals surface area (Å²) in [6.45, 7) is 3.05. The molecule has 2 aromatic carbocycles. The molecule has 0 saturated carbocycles. The Kier molecular flexibility index (Phi) is 6.43. The number of benzene rings is 2. The number of carbonyl (C=O) groups is 2. The van der Waals surface area contributed by atoms with E-state index in [2.05, 4.69) is 4.98 Å². The molecule has 7 heteroatoms. The topological polar surface area (TPSA) is 68.7 Å². The number of ether oxygens (including phenoxy) is 2. The molecule has 158 valence electrons. The van der Waals surface area contributed by atoms with Gasteiger partial charge in [-0.3, -0.25) is 4.79 Å². The fraction of sp³-hybridized carbons (Fsp3) is 0.208. The fourth-order valence-corrected chi connectivity index (χ4v) is 3.90. The zero-order valence-corrected chi connectivity index (χ0v) is 17.9. The maximum atomic E-state index is 12.2. The second kappa shape index (κ2) is 9.57. The molecule has 6 nitrogen and oxygen atoms in total. The van der Waals surface area contributed by atoms with Crippen molar-refractivity contribution in [3.63, 3.8) is 0 Å². The van der Waals surface area contributed by atoms with Crippen LogP contribution in [0.2, 0.25) is 0 Å². The Morgan fingerprint density at radius 2 is 2.00 bits per heavy atom. The molecule has 0 spiro atoms. The number of aromatic nitrogens is 1. The molecule has 1 aliphatic rings. The van der Waals surface area contributed by atoms with Crippen molar-refractivity contribution in [1.29, 1.82) is 0 Å².